The van der Waals surface area contributed by atoms with E-state index in [2.05, 4.69) is 35.8 Å². The lowest BCUT2D eigenvalue weighted by molar-refractivity contribution is -0.693. The molecule has 0 radical (unpaired) electrons. The maximum absolute atomic E-state index is 5.88. The van der Waals surface area contributed by atoms with Crippen LogP contribution in [0.4, 0.5) is 0 Å². The highest BCUT2D eigenvalue weighted by Gasteiger charge is 2.33. The molecule has 5 nitrogen and oxygen atoms in total. The van der Waals surface area contributed by atoms with Gasteiger partial charge in [0.1, 0.15) is 0 Å². The summed E-state index contributed by atoms with van der Waals surface area (Å²) in [5.41, 5.74) is 5.16. The molecule has 6 heteroatoms. The van der Waals surface area contributed by atoms with Crippen LogP contribution in [-0.4, -0.2) is 13.6 Å². The minimum absolute atomic E-state index is 0. The molecule has 6 rings (SSSR count). The molecule has 2 aromatic carbocycles. The number of unbranched alkanes of at least 4 members (excludes halogenated alkanes) is 1. The number of hydrogen-bond acceptors (Lipinski definition) is 4. The number of pyridine rings is 1. The van der Waals surface area contributed by atoms with Gasteiger partial charge in [0.15, 0.2) is 35.2 Å². The SMILES string of the molecule is CCCCc1c2c3c(ccc2cc2[n+]1CCc1cc4c(cc1-2)OCO4)OCO3.[Cl-]. The molecule has 0 N–H and O–H groups in total. The number of rotatable bonds is 3. The molecule has 0 aliphatic carbocycles. The van der Waals surface area contributed by atoms with Crippen LogP contribution < -0.4 is 35.9 Å². The van der Waals surface area contributed by atoms with E-state index in [1.165, 1.54) is 33.3 Å². The van der Waals surface area contributed by atoms with Gasteiger partial charge in [-0.3, -0.25) is 0 Å². The minimum atomic E-state index is 0. The first-order valence-corrected chi connectivity index (χ1v) is 10.0. The van der Waals surface area contributed by atoms with E-state index in [0.29, 0.717) is 13.6 Å². The smallest absolute Gasteiger partial charge is 0.231 e. The van der Waals surface area contributed by atoms with E-state index in [9.17, 15) is 0 Å². The normalized spacial score (nSPS) is 15.1. The Balaban J connectivity index is 0.00000181. The minimum Gasteiger partial charge on any atom is -1.00 e. The molecular formula is C23H22ClNO4. The Morgan fingerprint density at radius 2 is 1.72 bits per heavy atom. The third kappa shape index (κ3) is 2.71. The van der Waals surface area contributed by atoms with Crippen molar-refractivity contribution in [1.29, 1.82) is 0 Å². The van der Waals surface area contributed by atoms with Gasteiger partial charge in [-0.2, -0.15) is 4.57 Å². The van der Waals surface area contributed by atoms with Crippen LogP contribution >= 0.6 is 0 Å². The highest BCUT2D eigenvalue weighted by molar-refractivity contribution is 5.94. The Bertz CT molecular complexity index is 1130. The maximum atomic E-state index is 5.88. The molecular weight excluding hydrogens is 390 g/mol. The van der Waals surface area contributed by atoms with Crippen molar-refractivity contribution in [1.82, 2.24) is 0 Å². The molecule has 0 fully saturated rings. The zero-order valence-electron chi connectivity index (χ0n) is 16.3. The number of halogens is 1. The second-order valence-corrected chi connectivity index (χ2v) is 7.61. The fourth-order valence-electron chi connectivity index (χ4n) is 4.66. The van der Waals surface area contributed by atoms with Gasteiger partial charge < -0.3 is 31.4 Å². The number of hydrogen-bond donors (Lipinski definition) is 0. The monoisotopic (exact) mass is 411 g/mol. The van der Waals surface area contributed by atoms with Crippen molar-refractivity contribution >= 4 is 10.8 Å². The summed E-state index contributed by atoms with van der Waals surface area (Å²) in [6, 6.07) is 10.8. The van der Waals surface area contributed by atoms with Crippen molar-refractivity contribution in [3.8, 4) is 34.3 Å². The average molecular weight is 412 g/mol. The molecule has 4 heterocycles. The Hall–Kier alpha value is -2.66. The van der Waals surface area contributed by atoms with Gasteiger partial charge >= 0.3 is 0 Å². The first-order valence-electron chi connectivity index (χ1n) is 10.0. The second kappa shape index (κ2) is 6.99. The Labute approximate surface area is 175 Å². The fraction of sp³-hybridized carbons (Fsp3) is 0.348. The summed E-state index contributed by atoms with van der Waals surface area (Å²) in [7, 11) is 0. The summed E-state index contributed by atoms with van der Waals surface area (Å²) in [4.78, 5) is 0. The van der Waals surface area contributed by atoms with Gasteiger partial charge in [0.2, 0.25) is 19.3 Å². The van der Waals surface area contributed by atoms with E-state index in [4.69, 9.17) is 18.9 Å². The first-order chi connectivity index (χ1) is 13.8. The molecule has 0 saturated heterocycles. The average Bonchev–Trinajstić information content (AvgIpc) is 3.38. The van der Waals surface area contributed by atoms with Gasteiger partial charge in [-0.15, -0.1) is 0 Å². The highest BCUT2D eigenvalue weighted by atomic mass is 35.5. The van der Waals surface area contributed by atoms with Crippen LogP contribution in [0.2, 0.25) is 0 Å². The number of ether oxygens (including phenoxy) is 4. The van der Waals surface area contributed by atoms with Gasteiger partial charge in [-0.05, 0) is 41.6 Å². The van der Waals surface area contributed by atoms with E-state index in [-0.39, 0.29) is 12.4 Å². The van der Waals surface area contributed by atoms with Crippen molar-refractivity contribution in [2.45, 2.75) is 39.2 Å². The molecule has 0 amide bonds. The highest BCUT2D eigenvalue weighted by Crippen LogP contribution is 2.44. The maximum Gasteiger partial charge on any atom is 0.231 e. The van der Waals surface area contributed by atoms with E-state index in [0.717, 1.165) is 55.2 Å². The van der Waals surface area contributed by atoms with Crippen molar-refractivity contribution < 1.29 is 35.9 Å². The number of aryl methyl sites for hydroxylation is 2. The van der Waals surface area contributed by atoms with Gasteiger partial charge in [0, 0.05) is 18.9 Å². The van der Waals surface area contributed by atoms with Crippen LogP contribution in [0.25, 0.3) is 22.0 Å². The third-order valence-corrected chi connectivity index (χ3v) is 6.02. The van der Waals surface area contributed by atoms with E-state index in [1.807, 2.05) is 6.07 Å². The molecule has 0 atom stereocenters. The zero-order valence-corrected chi connectivity index (χ0v) is 17.1. The summed E-state index contributed by atoms with van der Waals surface area (Å²) in [6.07, 6.45) is 4.33. The summed E-state index contributed by atoms with van der Waals surface area (Å²) in [5, 5.41) is 2.41. The standard InChI is InChI=1S/C23H22NO4.ClH/c1-2-3-4-17-22-15(5-6-19-23(22)28-13-25-19)9-18-16-11-21-20(26-12-27-21)10-14(16)7-8-24(17)18;/h5-6,9-11H,2-4,7-8,12-13H2,1H3;1H/q+1;/p-1. The van der Waals surface area contributed by atoms with E-state index >= 15 is 0 Å². The summed E-state index contributed by atoms with van der Waals surface area (Å²) < 4.78 is 25.3. The molecule has 29 heavy (non-hydrogen) atoms. The lowest BCUT2D eigenvalue weighted by Crippen LogP contribution is -3.00. The molecule has 1 aromatic heterocycles. The summed E-state index contributed by atoms with van der Waals surface area (Å²) in [6.45, 7) is 3.81. The predicted molar refractivity (Wildman–Crippen MR) is 104 cm³/mol. The molecule has 150 valence electrons. The summed E-state index contributed by atoms with van der Waals surface area (Å²) >= 11 is 0. The zero-order chi connectivity index (χ0) is 18.7. The molecule has 0 unspecified atom stereocenters. The van der Waals surface area contributed by atoms with E-state index in [1.54, 1.807) is 0 Å². The quantitative estimate of drug-likeness (QED) is 0.606. The number of fused-ring (bicyclic) bond motifs is 7. The fourth-order valence-corrected chi connectivity index (χ4v) is 4.66. The van der Waals surface area contributed by atoms with Crippen LogP contribution in [0, 0.1) is 0 Å². The Morgan fingerprint density at radius 1 is 0.931 bits per heavy atom. The van der Waals surface area contributed by atoms with Crippen molar-refractivity contribution in [2.24, 2.45) is 0 Å². The molecule has 3 aliphatic heterocycles. The second-order valence-electron chi connectivity index (χ2n) is 7.61. The number of nitrogens with zero attached hydrogens (tertiary/aromatic N) is 1. The van der Waals surface area contributed by atoms with Crippen molar-refractivity contribution in [2.75, 3.05) is 13.6 Å². The Kier molecular flexibility index (Phi) is 4.43. The van der Waals surface area contributed by atoms with Crippen LogP contribution in [0.5, 0.6) is 23.0 Å². The summed E-state index contributed by atoms with van der Waals surface area (Å²) in [5.74, 6) is 3.46. The molecule has 0 saturated carbocycles. The van der Waals surface area contributed by atoms with Gasteiger partial charge in [-0.1, -0.05) is 13.3 Å². The Morgan fingerprint density at radius 3 is 2.59 bits per heavy atom. The van der Waals surface area contributed by atoms with Crippen LogP contribution in [-0.2, 0) is 19.4 Å². The lowest BCUT2D eigenvalue weighted by Gasteiger charge is -2.19. The predicted octanol–water partition coefficient (Wildman–Crippen LogP) is 1.15. The molecule has 3 aliphatic rings. The third-order valence-electron chi connectivity index (χ3n) is 6.02. The van der Waals surface area contributed by atoms with Gasteiger partial charge in [0.05, 0.1) is 10.9 Å². The van der Waals surface area contributed by atoms with Crippen LogP contribution in [0.1, 0.15) is 31.0 Å². The van der Waals surface area contributed by atoms with E-state index < -0.39 is 0 Å². The van der Waals surface area contributed by atoms with Crippen LogP contribution in [0.3, 0.4) is 0 Å². The first kappa shape index (κ1) is 18.4. The lowest BCUT2D eigenvalue weighted by atomic mass is 9.93. The van der Waals surface area contributed by atoms with Crippen molar-refractivity contribution in [3.63, 3.8) is 0 Å². The topological polar surface area (TPSA) is 40.8 Å². The van der Waals surface area contributed by atoms with Crippen molar-refractivity contribution in [3.05, 3.63) is 41.6 Å². The number of benzene rings is 2. The van der Waals surface area contributed by atoms with Crippen LogP contribution in [0.15, 0.2) is 30.3 Å². The molecule has 3 aromatic rings. The van der Waals surface area contributed by atoms with Gasteiger partial charge in [-0.25, -0.2) is 0 Å². The number of aromatic nitrogens is 1. The largest absolute Gasteiger partial charge is 1.00 e. The molecule has 0 bridgehead atoms. The molecule has 0 spiro atoms. The van der Waals surface area contributed by atoms with Gasteiger partial charge in [0.25, 0.3) is 0 Å².